The van der Waals surface area contributed by atoms with E-state index in [0.29, 0.717) is 11.7 Å². The van der Waals surface area contributed by atoms with Crippen LogP contribution in [0, 0.1) is 0 Å². The Morgan fingerprint density at radius 1 is 1.22 bits per heavy atom. The van der Waals surface area contributed by atoms with Crippen molar-refractivity contribution in [2.75, 3.05) is 12.4 Å². The lowest BCUT2D eigenvalue weighted by atomic mass is 10.2. The molecule has 0 aliphatic rings. The van der Waals surface area contributed by atoms with Crippen molar-refractivity contribution in [1.82, 2.24) is 9.88 Å². The number of rotatable bonds is 7. The molecule has 3 aromatic rings. The van der Waals surface area contributed by atoms with Gasteiger partial charge < -0.3 is 10.1 Å². The molecule has 0 spiro atoms. The Kier molecular flexibility index (Phi) is 5.98. The number of alkyl halides is 2. The van der Waals surface area contributed by atoms with Crippen molar-refractivity contribution in [3.8, 4) is 5.75 Å². The third-order valence-corrected chi connectivity index (χ3v) is 5.10. The molecule has 0 radical (unpaired) electrons. The molecule has 1 atom stereocenters. The highest BCUT2D eigenvalue weighted by molar-refractivity contribution is 7.22. The van der Waals surface area contributed by atoms with Gasteiger partial charge in [-0.05, 0) is 43.8 Å². The average Bonchev–Trinajstić information content (AvgIpc) is 3.04. The highest BCUT2D eigenvalue weighted by atomic mass is 32.1. The summed E-state index contributed by atoms with van der Waals surface area (Å²) in [6, 6.07) is 13.7. The number of carbonyl (C=O) groups is 1. The first-order valence-electron chi connectivity index (χ1n) is 8.33. The molecule has 27 heavy (non-hydrogen) atoms. The van der Waals surface area contributed by atoms with E-state index in [4.69, 9.17) is 0 Å². The second kappa shape index (κ2) is 8.41. The number of ether oxygens (including phenoxy) is 1. The van der Waals surface area contributed by atoms with Crippen molar-refractivity contribution < 1.29 is 18.3 Å². The van der Waals surface area contributed by atoms with E-state index >= 15 is 0 Å². The van der Waals surface area contributed by atoms with Gasteiger partial charge in [-0.15, -0.1) is 0 Å². The molecule has 3 rings (SSSR count). The number of amides is 1. The molecule has 1 unspecified atom stereocenters. The lowest BCUT2D eigenvalue weighted by molar-refractivity contribution is -0.120. The summed E-state index contributed by atoms with van der Waals surface area (Å²) in [5, 5.41) is 3.42. The number of hydrogen-bond acceptors (Lipinski definition) is 5. The molecule has 1 N–H and O–H groups in total. The standard InChI is InChI=1S/C19H19F2N3O2S/c1-12(17(25)23-19-22-15-5-3-4-6-16(15)27-19)24(2)11-13-7-9-14(10-8-13)26-18(20)21/h3-10,12,18H,11H2,1-2H3,(H,22,23,25). The number of benzene rings is 2. The van der Waals surface area contributed by atoms with Crippen LogP contribution in [0.3, 0.4) is 0 Å². The molecule has 5 nitrogen and oxygen atoms in total. The summed E-state index contributed by atoms with van der Waals surface area (Å²) in [7, 11) is 1.83. The van der Waals surface area contributed by atoms with E-state index in [1.807, 2.05) is 36.2 Å². The Morgan fingerprint density at radius 2 is 1.93 bits per heavy atom. The van der Waals surface area contributed by atoms with Gasteiger partial charge in [0.05, 0.1) is 16.3 Å². The van der Waals surface area contributed by atoms with Crippen molar-refractivity contribution in [2.24, 2.45) is 0 Å². The summed E-state index contributed by atoms with van der Waals surface area (Å²) >= 11 is 1.43. The summed E-state index contributed by atoms with van der Waals surface area (Å²) in [5.74, 6) is -0.0489. The third-order valence-electron chi connectivity index (χ3n) is 4.15. The minimum atomic E-state index is -2.84. The maximum atomic E-state index is 12.5. The van der Waals surface area contributed by atoms with Gasteiger partial charge in [0.15, 0.2) is 5.13 Å². The van der Waals surface area contributed by atoms with Crippen LogP contribution in [0.1, 0.15) is 12.5 Å². The number of aromatic nitrogens is 1. The molecule has 1 aromatic heterocycles. The second-order valence-electron chi connectivity index (χ2n) is 6.09. The largest absolute Gasteiger partial charge is 0.435 e. The molecule has 0 aliphatic heterocycles. The molecule has 2 aromatic carbocycles. The molecule has 0 saturated carbocycles. The first-order chi connectivity index (χ1) is 12.9. The SMILES string of the molecule is CC(C(=O)Nc1nc2ccccc2s1)N(C)Cc1ccc(OC(F)F)cc1. The highest BCUT2D eigenvalue weighted by Crippen LogP contribution is 2.25. The van der Waals surface area contributed by atoms with E-state index in [2.05, 4.69) is 15.0 Å². The van der Waals surface area contributed by atoms with Crippen molar-refractivity contribution in [1.29, 1.82) is 0 Å². The summed E-state index contributed by atoms with van der Waals surface area (Å²) in [4.78, 5) is 18.8. The van der Waals surface area contributed by atoms with Gasteiger partial charge in [-0.1, -0.05) is 35.6 Å². The average molecular weight is 391 g/mol. The predicted molar refractivity (Wildman–Crippen MR) is 102 cm³/mol. The molecule has 0 bridgehead atoms. The van der Waals surface area contributed by atoms with Crippen molar-refractivity contribution in [3.05, 3.63) is 54.1 Å². The van der Waals surface area contributed by atoms with Gasteiger partial charge in [0.2, 0.25) is 5.91 Å². The number of hydrogen-bond donors (Lipinski definition) is 1. The van der Waals surface area contributed by atoms with Crippen molar-refractivity contribution >= 4 is 32.6 Å². The van der Waals surface area contributed by atoms with Crippen LogP contribution >= 0.6 is 11.3 Å². The van der Waals surface area contributed by atoms with E-state index in [-0.39, 0.29) is 11.7 Å². The normalized spacial score (nSPS) is 12.5. The fourth-order valence-corrected chi connectivity index (χ4v) is 3.41. The van der Waals surface area contributed by atoms with Crippen LogP contribution in [0.25, 0.3) is 10.2 Å². The number of likely N-dealkylation sites (N-methyl/N-ethyl adjacent to an activating group) is 1. The molecule has 142 valence electrons. The fourth-order valence-electron chi connectivity index (χ4n) is 2.54. The quantitative estimate of drug-likeness (QED) is 0.650. The lowest BCUT2D eigenvalue weighted by Crippen LogP contribution is -2.39. The third kappa shape index (κ3) is 4.99. The summed E-state index contributed by atoms with van der Waals surface area (Å²) < 4.78 is 29.7. The molecule has 8 heteroatoms. The fraction of sp³-hybridized carbons (Fsp3) is 0.263. The zero-order valence-corrected chi connectivity index (χ0v) is 15.7. The Bertz CT molecular complexity index is 882. The Labute approximate surface area is 159 Å². The van der Waals surface area contributed by atoms with E-state index < -0.39 is 12.7 Å². The Morgan fingerprint density at radius 3 is 2.59 bits per heavy atom. The van der Waals surface area contributed by atoms with E-state index in [9.17, 15) is 13.6 Å². The molecule has 0 saturated heterocycles. The zero-order valence-electron chi connectivity index (χ0n) is 14.9. The lowest BCUT2D eigenvalue weighted by Gasteiger charge is -2.23. The van der Waals surface area contributed by atoms with Crippen molar-refractivity contribution in [2.45, 2.75) is 26.1 Å². The molecular formula is C19H19F2N3O2S. The van der Waals surface area contributed by atoms with Gasteiger partial charge in [0.25, 0.3) is 0 Å². The van der Waals surface area contributed by atoms with Gasteiger partial charge in [-0.2, -0.15) is 8.78 Å². The zero-order chi connectivity index (χ0) is 19.4. The maximum Gasteiger partial charge on any atom is 0.387 e. The number of nitrogens with one attached hydrogen (secondary N) is 1. The monoisotopic (exact) mass is 391 g/mol. The predicted octanol–water partition coefficient (Wildman–Crippen LogP) is 4.36. The van der Waals surface area contributed by atoms with Gasteiger partial charge >= 0.3 is 6.61 Å². The van der Waals surface area contributed by atoms with Crippen LogP contribution < -0.4 is 10.1 Å². The Balaban J connectivity index is 1.58. The molecule has 1 heterocycles. The number of nitrogens with zero attached hydrogens (tertiary/aromatic N) is 2. The van der Waals surface area contributed by atoms with E-state index in [1.54, 1.807) is 19.1 Å². The second-order valence-corrected chi connectivity index (χ2v) is 7.12. The Hall–Kier alpha value is -2.58. The maximum absolute atomic E-state index is 12.5. The molecule has 0 aliphatic carbocycles. The van der Waals surface area contributed by atoms with Gasteiger partial charge in [-0.3, -0.25) is 9.69 Å². The number of fused-ring (bicyclic) bond motifs is 1. The van der Waals surface area contributed by atoms with Crippen LogP contribution in [-0.4, -0.2) is 35.5 Å². The number of thiazole rings is 1. The minimum Gasteiger partial charge on any atom is -0.435 e. The van der Waals surface area contributed by atoms with Gasteiger partial charge in [0, 0.05) is 6.54 Å². The minimum absolute atomic E-state index is 0.109. The first-order valence-corrected chi connectivity index (χ1v) is 9.14. The van der Waals surface area contributed by atoms with Crippen LogP contribution in [0.5, 0.6) is 5.75 Å². The number of anilines is 1. The first kappa shape index (κ1) is 19.2. The molecule has 0 fully saturated rings. The topological polar surface area (TPSA) is 54.5 Å². The smallest absolute Gasteiger partial charge is 0.387 e. The van der Waals surface area contributed by atoms with Gasteiger partial charge in [0.1, 0.15) is 5.75 Å². The summed E-state index contributed by atoms with van der Waals surface area (Å²) in [6.45, 7) is -0.551. The molecule has 1 amide bonds. The van der Waals surface area contributed by atoms with Crippen LogP contribution in [0.2, 0.25) is 0 Å². The summed E-state index contributed by atoms with van der Waals surface area (Å²) in [6.07, 6.45) is 0. The summed E-state index contributed by atoms with van der Waals surface area (Å²) in [5.41, 5.74) is 1.74. The number of halogens is 2. The number of carbonyl (C=O) groups excluding carboxylic acids is 1. The van der Waals surface area contributed by atoms with E-state index in [1.165, 1.54) is 23.5 Å². The van der Waals surface area contributed by atoms with Crippen LogP contribution in [0.4, 0.5) is 13.9 Å². The van der Waals surface area contributed by atoms with Crippen LogP contribution in [0.15, 0.2) is 48.5 Å². The van der Waals surface area contributed by atoms with Crippen molar-refractivity contribution in [3.63, 3.8) is 0 Å². The number of para-hydroxylation sites is 1. The van der Waals surface area contributed by atoms with Gasteiger partial charge in [-0.25, -0.2) is 4.98 Å². The van der Waals surface area contributed by atoms with Crippen LogP contribution in [-0.2, 0) is 11.3 Å². The van der Waals surface area contributed by atoms with E-state index in [0.717, 1.165) is 15.8 Å². The highest BCUT2D eigenvalue weighted by Gasteiger charge is 2.19. The molecular weight excluding hydrogens is 372 g/mol.